The Kier molecular flexibility index (Phi) is 12.7. The number of hydrogen-bond donors (Lipinski definition) is 1. The van der Waals surface area contributed by atoms with Gasteiger partial charge in [0.05, 0.1) is 13.7 Å². The van der Waals surface area contributed by atoms with E-state index in [1.54, 1.807) is 49.8 Å². The van der Waals surface area contributed by atoms with Gasteiger partial charge in [-0.15, -0.1) is 11.3 Å². The molecule has 292 valence electrons. The molecule has 4 fully saturated rings. The quantitative estimate of drug-likeness (QED) is 0.107. The number of carbonyl (C=O) groups excluding carboxylic acids is 2. The molecule has 3 aliphatic heterocycles. The second-order valence-corrected chi connectivity index (χ2v) is 16.0. The Morgan fingerprint density at radius 2 is 1.75 bits per heavy atom. The average Bonchev–Trinajstić information content (AvgIpc) is 3.90. The second-order valence-electron chi connectivity index (χ2n) is 14.0. The van der Waals surface area contributed by atoms with Crippen molar-refractivity contribution in [1.82, 2.24) is 10.2 Å². The Labute approximate surface area is 332 Å². The standard InChI is InChI=1S/C40H41Cl2F2N3O7S/c1-50-31-5-3-2-4-27(31)37(39(49)53-35-21-47-14-12-24(35)13-15-47)46-18-26-9-11-36(55-26)38(48)52-33(17-28-29(41)19-45-20-30(28)42)25-8-10-32(54-40(43)44)34(16-25)51-22-23-6-7-23/h2-5,8-11,16,19-20,23-24,33,35,37,40,46H,6-7,12-15,17-18,21-22H2,1H3/p+1/t33-,35-,37?/m0/s1. The number of fused-ring (bicyclic) bond motifs is 3. The summed E-state index contributed by atoms with van der Waals surface area (Å²) in [5, 5.41) is 4.01. The number of ether oxygens (including phenoxy) is 5. The third kappa shape index (κ3) is 9.87. The maximum absolute atomic E-state index is 13.8. The van der Waals surface area contributed by atoms with E-state index in [1.165, 1.54) is 17.4 Å². The van der Waals surface area contributed by atoms with Crippen molar-refractivity contribution in [1.29, 1.82) is 0 Å². The molecule has 0 radical (unpaired) electrons. The number of thiophene rings is 1. The Hall–Kier alpha value is -4.01. The van der Waals surface area contributed by atoms with E-state index in [-0.39, 0.29) is 36.5 Å². The molecule has 3 saturated heterocycles. The topological polar surface area (TPSA) is 110 Å². The van der Waals surface area contributed by atoms with Crippen molar-refractivity contribution < 1.29 is 47.0 Å². The lowest BCUT2D eigenvalue weighted by atomic mass is 9.86. The van der Waals surface area contributed by atoms with Crippen LogP contribution in [-0.2, 0) is 27.2 Å². The summed E-state index contributed by atoms with van der Waals surface area (Å²) in [6.07, 6.45) is 6.12. The molecule has 1 saturated carbocycles. The van der Waals surface area contributed by atoms with Gasteiger partial charge in [0, 0.05) is 35.5 Å². The van der Waals surface area contributed by atoms with Crippen LogP contribution >= 0.6 is 34.5 Å². The Morgan fingerprint density at radius 1 is 0.982 bits per heavy atom. The maximum atomic E-state index is 13.8. The van der Waals surface area contributed by atoms with Crippen molar-refractivity contribution in [2.24, 2.45) is 11.8 Å². The molecule has 4 aromatic rings. The van der Waals surface area contributed by atoms with Crippen LogP contribution in [0.5, 0.6) is 17.2 Å². The molecule has 1 unspecified atom stereocenters. The minimum absolute atomic E-state index is 0.0807. The zero-order chi connectivity index (χ0) is 38.5. The number of esters is 2. The second kappa shape index (κ2) is 17.8. The summed E-state index contributed by atoms with van der Waals surface area (Å²) in [6.45, 7) is 0.336. The van der Waals surface area contributed by atoms with E-state index in [0.717, 1.165) is 50.2 Å². The van der Waals surface area contributed by atoms with Crippen molar-refractivity contribution in [3.63, 3.8) is 0 Å². The number of aromatic amines is 1. The van der Waals surface area contributed by atoms with Gasteiger partial charge >= 0.3 is 18.6 Å². The predicted octanol–water partition coefficient (Wildman–Crippen LogP) is 7.88. The fourth-order valence-corrected chi connectivity index (χ4v) is 8.44. The summed E-state index contributed by atoms with van der Waals surface area (Å²) in [6, 6.07) is 14.4. The maximum Gasteiger partial charge on any atom is 0.387 e. The van der Waals surface area contributed by atoms with Gasteiger partial charge in [-0.05, 0) is 86.5 Å². The number of carbonyl (C=O) groups is 2. The number of benzene rings is 2. The molecular formula is C40H42Cl2F2N3O7S+. The fourth-order valence-electron chi connectivity index (χ4n) is 7.07. The van der Waals surface area contributed by atoms with E-state index in [2.05, 4.69) is 15.2 Å². The molecule has 4 aliphatic rings. The molecule has 2 N–H and O–H groups in total. The smallest absolute Gasteiger partial charge is 0.387 e. The molecule has 0 amide bonds. The number of nitrogens with one attached hydrogen (secondary N) is 2. The van der Waals surface area contributed by atoms with Crippen LogP contribution in [0, 0.1) is 11.8 Å². The molecule has 10 nitrogen and oxygen atoms in total. The van der Waals surface area contributed by atoms with Gasteiger partial charge in [-0.2, -0.15) is 8.78 Å². The minimum Gasteiger partial charge on any atom is -0.496 e. The van der Waals surface area contributed by atoms with Crippen LogP contribution in [-0.4, -0.2) is 62.9 Å². The minimum atomic E-state index is -3.05. The van der Waals surface area contributed by atoms with Crippen molar-refractivity contribution in [3.05, 3.63) is 103 Å². The van der Waals surface area contributed by atoms with Crippen LogP contribution in [0.15, 0.2) is 67.0 Å². The Morgan fingerprint density at radius 3 is 2.44 bits per heavy atom. The van der Waals surface area contributed by atoms with E-state index in [0.29, 0.717) is 55.8 Å². The third-order valence-corrected chi connectivity index (χ3v) is 12.0. The molecule has 0 spiro atoms. The molecule has 15 heteroatoms. The van der Waals surface area contributed by atoms with Gasteiger partial charge in [0.2, 0.25) is 0 Å². The van der Waals surface area contributed by atoms with Crippen LogP contribution in [0.1, 0.15) is 69.1 Å². The van der Waals surface area contributed by atoms with Crippen molar-refractivity contribution in [3.8, 4) is 17.2 Å². The lowest BCUT2D eigenvalue weighted by molar-refractivity contribution is -0.377. The summed E-state index contributed by atoms with van der Waals surface area (Å²) in [5.41, 5.74) is 1.65. The highest BCUT2D eigenvalue weighted by atomic mass is 35.5. The monoisotopic (exact) mass is 816 g/mol. The highest BCUT2D eigenvalue weighted by Crippen LogP contribution is 2.39. The Balaban J connectivity index is 1.09. The number of halogens is 4. The molecule has 2 aromatic heterocycles. The first-order chi connectivity index (χ1) is 26.6. The lowest BCUT2D eigenvalue weighted by Crippen LogP contribution is -2.52. The van der Waals surface area contributed by atoms with Crippen molar-refractivity contribution >= 4 is 46.5 Å². The fraction of sp³-hybridized carbons (Fsp3) is 0.425. The summed E-state index contributed by atoms with van der Waals surface area (Å²) in [5.74, 6) is 0.239. The molecule has 2 bridgehead atoms. The molecule has 3 atom stereocenters. The molecular weight excluding hydrogens is 775 g/mol. The van der Waals surface area contributed by atoms with Gasteiger partial charge in [-0.25, -0.2) is 14.6 Å². The van der Waals surface area contributed by atoms with E-state index < -0.39 is 24.7 Å². The average molecular weight is 818 g/mol. The Bertz CT molecular complexity index is 1950. The number of pyridine rings is 1. The number of H-pyrrole nitrogens is 1. The summed E-state index contributed by atoms with van der Waals surface area (Å²) in [7, 11) is 1.56. The number of piperidine rings is 3. The number of alkyl halides is 2. The van der Waals surface area contributed by atoms with Crippen LogP contribution in [0.3, 0.4) is 0 Å². The zero-order valence-corrected chi connectivity index (χ0v) is 32.4. The number of rotatable bonds is 17. The normalized spacial score (nSPS) is 20.1. The van der Waals surface area contributed by atoms with E-state index in [4.69, 9.17) is 46.9 Å². The first kappa shape index (κ1) is 39.2. The SMILES string of the molecule is COc1ccccc1C(NCc1ccc(C(=O)O[C@@H](Cc2c(Cl)c[nH+]cc2Cl)c2ccc(OC(F)F)c(OCC3CC3)c2)s1)C(=O)O[C@H]1CN2CCC1CC2. The number of methoxy groups -OCH3 is 1. The van der Waals surface area contributed by atoms with Crippen LogP contribution in [0.4, 0.5) is 8.78 Å². The summed E-state index contributed by atoms with van der Waals surface area (Å²) >= 11 is 14.2. The highest BCUT2D eigenvalue weighted by Gasteiger charge is 2.38. The third-order valence-electron chi connectivity index (χ3n) is 10.3. The molecule has 5 heterocycles. The molecule has 1 aliphatic carbocycles. The number of hydrogen-bond acceptors (Lipinski definition) is 10. The molecule has 8 rings (SSSR count). The van der Waals surface area contributed by atoms with Gasteiger partial charge in [-0.1, -0.05) is 47.5 Å². The van der Waals surface area contributed by atoms with Crippen LogP contribution in [0.25, 0.3) is 0 Å². The van der Waals surface area contributed by atoms with E-state index in [9.17, 15) is 18.4 Å². The summed E-state index contributed by atoms with van der Waals surface area (Å²) in [4.78, 5) is 33.9. The van der Waals surface area contributed by atoms with Crippen LogP contribution in [0.2, 0.25) is 10.0 Å². The molecule has 2 aromatic carbocycles. The van der Waals surface area contributed by atoms with Gasteiger partial charge in [0.1, 0.15) is 38.9 Å². The lowest BCUT2D eigenvalue weighted by Gasteiger charge is -2.44. The highest BCUT2D eigenvalue weighted by molar-refractivity contribution is 7.13. The van der Waals surface area contributed by atoms with Crippen molar-refractivity contribution in [2.45, 2.75) is 63.5 Å². The van der Waals surface area contributed by atoms with Crippen LogP contribution < -0.4 is 24.5 Å². The largest absolute Gasteiger partial charge is 0.496 e. The molecule has 55 heavy (non-hydrogen) atoms. The first-order valence-electron chi connectivity index (χ1n) is 18.3. The number of para-hydroxylation sites is 1. The van der Waals surface area contributed by atoms with Gasteiger partial charge in [0.15, 0.2) is 23.9 Å². The zero-order valence-electron chi connectivity index (χ0n) is 30.1. The summed E-state index contributed by atoms with van der Waals surface area (Å²) < 4.78 is 55.1. The number of nitrogens with zero attached hydrogens (tertiary/aromatic N) is 1. The van der Waals surface area contributed by atoms with Crippen molar-refractivity contribution in [2.75, 3.05) is 33.4 Å². The van der Waals surface area contributed by atoms with Gasteiger partial charge in [0.25, 0.3) is 0 Å². The van der Waals surface area contributed by atoms with E-state index >= 15 is 0 Å². The predicted molar refractivity (Wildman–Crippen MR) is 202 cm³/mol. The first-order valence-corrected chi connectivity index (χ1v) is 19.9. The van der Waals surface area contributed by atoms with Gasteiger partial charge < -0.3 is 23.7 Å². The number of aromatic nitrogens is 1. The van der Waals surface area contributed by atoms with Gasteiger partial charge in [-0.3, -0.25) is 10.2 Å². The van der Waals surface area contributed by atoms with E-state index in [1.807, 2.05) is 18.2 Å².